The summed E-state index contributed by atoms with van der Waals surface area (Å²) in [6, 6.07) is 17.4. The third-order valence-electron chi connectivity index (χ3n) is 5.65. The summed E-state index contributed by atoms with van der Waals surface area (Å²) in [7, 11) is 1.93. The average molecular weight is 644 g/mol. The Labute approximate surface area is 249 Å². The molecule has 1 amide bonds. The lowest BCUT2D eigenvalue weighted by Gasteiger charge is -2.12. The minimum absolute atomic E-state index is 0.0180. The zero-order valence-electron chi connectivity index (χ0n) is 23.0. The van der Waals surface area contributed by atoms with Crippen molar-refractivity contribution in [2.75, 3.05) is 0 Å². The van der Waals surface area contributed by atoms with Crippen molar-refractivity contribution >= 4 is 34.6 Å². The van der Waals surface area contributed by atoms with E-state index in [2.05, 4.69) is 5.32 Å². The smallest absolute Gasteiger partial charge is 0.490 e. The zero-order valence-corrected chi connectivity index (χ0v) is 23.0. The van der Waals surface area contributed by atoms with Crippen LogP contribution in [0, 0.1) is 11.2 Å². The Morgan fingerprint density at radius 1 is 0.956 bits per heavy atom. The fourth-order valence-electron chi connectivity index (χ4n) is 3.54. The van der Waals surface area contributed by atoms with Crippen molar-refractivity contribution in [1.29, 1.82) is 5.41 Å². The molecule has 0 fully saturated rings. The zero-order chi connectivity index (χ0) is 34.1. The number of rotatable bonds is 6. The standard InChI is InChI=1S/C24H22FN5O.2C2HF3O2/c1-29-9-7-16(8-10-29)14-28-24(31)22-13-19-12-20(25)5-6-21(19)30(22)15-17-3-2-4-18(11-17)23(26)27;2*3-2(4,5)1(6)7/h2-13H,14-15H2,1H3,(H3-,26,27,28,31);2*(H,6,7). The van der Waals surface area contributed by atoms with Gasteiger partial charge in [-0.3, -0.25) is 10.2 Å². The van der Waals surface area contributed by atoms with E-state index in [-0.39, 0.29) is 17.6 Å². The van der Waals surface area contributed by atoms with E-state index in [0.29, 0.717) is 29.7 Å². The largest absolute Gasteiger partial charge is 0.542 e. The van der Waals surface area contributed by atoms with Gasteiger partial charge in [0.1, 0.15) is 30.4 Å². The number of alkyl halides is 6. The number of carboxylic acid groups (broad SMARTS) is 2. The lowest BCUT2D eigenvalue weighted by Crippen LogP contribution is -2.37. The van der Waals surface area contributed by atoms with Crippen molar-refractivity contribution in [2.45, 2.75) is 25.4 Å². The number of aliphatic carboxylic acids is 2. The maximum absolute atomic E-state index is 13.8. The van der Waals surface area contributed by atoms with Gasteiger partial charge in [-0.1, -0.05) is 18.2 Å². The summed E-state index contributed by atoms with van der Waals surface area (Å²) in [5.41, 5.74) is 9.29. The molecule has 0 unspecified atom stereocenters. The Morgan fingerprint density at radius 3 is 2.04 bits per heavy atom. The monoisotopic (exact) mass is 643 g/mol. The summed E-state index contributed by atoms with van der Waals surface area (Å²) in [4.78, 5) is 30.7. The van der Waals surface area contributed by atoms with Gasteiger partial charge in [0.15, 0.2) is 12.4 Å². The van der Waals surface area contributed by atoms with Crippen LogP contribution in [0.3, 0.4) is 0 Å². The molecule has 17 heteroatoms. The first kappa shape index (κ1) is 35.7. The number of nitrogens with one attached hydrogen (secondary N) is 2. The molecule has 0 radical (unpaired) electrons. The second-order valence-corrected chi connectivity index (χ2v) is 9.08. The SMILES string of the molecule is C[n+]1ccc(CNC(=O)c2cc3cc(F)ccc3n2Cc2cccc(C(=N)N)c2)cc1.O=C(O)C(F)(F)F.O=C([O-])C(F)(F)F. The third-order valence-corrected chi connectivity index (χ3v) is 5.65. The van der Waals surface area contributed by atoms with Crippen molar-refractivity contribution < 1.29 is 59.9 Å². The molecule has 0 saturated heterocycles. The molecule has 0 aliphatic heterocycles. The second-order valence-electron chi connectivity index (χ2n) is 9.08. The summed E-state index contributed by atoms with van der Waals surface area (Å²) in [6.45, 7) is 0.773. The minimum Gasteiger partial charge on any atom is -0.542 e. The predicted octanol–water partition coefficient (Wildman–Crippen LogP) is 2.80. The molecule has 0 saturated carbocycles. The number of aromatic nitrogens is 2. The summed E-state index contributed by atoms with van der Waals surface area (Å²) in [5, 5.41) is 27.2. The number of amides is 1. The number of aryl methyl sites for hydroxylation is 1. The van der Waals surface area contributed by atoms with E-state index in [1.165, 1.54) is 12.1 Å². The highest BCUT2D eigenvalue weighted by Crippen LogP contribution is 2.23. The van der Waals surface area contributed by atoms with Crippen molar-refractivity contribution in [3.05, 3.63) is 101 Å². The van der Waals surface area contributed by atoms with Crippen LogP contribution in [-0.2, 0) is 29.7 Å². The molecule has 240 valence electrons. The van der Waals surface area contributed by atoms with Gasteiger partial charge in [0.2, 0.25) is 0 Å². The summed E-state index contributed by atoms with van der Waals surface area (Å²) in [6.07, 6.45) is -6.44. The Bertz CT molecular complexity index is 1660. The van der Waals surface area contributed by atoms with Gasteiger partial charge in [0.25, 0.3) is 5.91 Å². The van der Waals surface area contributed by atoms with Gasteiger partial charge >= 0.3 is 18.3 Å². The fraction of sp³-hybridized carbons (Fsp3) is 0.179. The van der Waals surface area contributed by atoms with Crippen LogP contribution in [0.4, 0.5) is 30.7 Å². The van der Waals surface area contributed by atoms with Crippen molar-refractivity contribution in [3.63, 3.8) is 0 Å². The average Bonchev–Trinajstić information content (AvgIpc) is 3.29. The van der Waals surface area contributed by atoms with Crippen LogP contribution in [0.1, 0.15) is 27.2 Å². The molecule has 4 aromatic rings. The van der Waals surface area contributed by atoms with Gasteiger partial charge in [-0.25, -0.2) is 13.8 Å². The van der Waals surface area contributed by atoms with Crippen molar-refractivity contribution in [2.24, 2.45) is 12.8 Å². The first-order valence-electron chi connectivity index (χ1n) is 12.3. The number of pyridine rings is 1. The highest BCUT2D eigenvalue weighted by Gasteiger charge is 2.38. The number of carboxylic acids is 2. The maximum atomic E-state index is 13.8. The van der Waals surface area contributed by atoms with Gasteiger partial charge < -0.3 is 30.6 Å². The molecular weight excluding hydrogens is 619 g/mol. The van der Waals surface area contributed by atoms with Gasteiger partial charge in [-0.2, -0.15) is 26.3 Å². The molecule has 2 heterocycles. The van der Waals surface area contributed by atoms with Gasteiger partial charge in [0, 0.05) is 41.7 Å². The topological polar surface area (TPSA) is 165 Å². The highest BCUT2D eigenvalue weighted by molar-refractivity contribution is 5.99. The van der Waals surface area contributed by atoms with Crippen molar-refractivity contribution in [3.8, 4) is 0 Å². The first-order valence-corrected chi connectivity index (χ1v) is 12.3. The number of benzene rings is 2. The minimum atomic E-state index is -5.19. The molecule has 0 bridgehead atoms. The van der Waals surface area contributed by atoms with Crippen LogP contribution in [0.25, 0.3) is 10.9 Å². The van der Waals surface area contributed by atoms with E-state index in [1.54, 1.807) is 18.2 Å². The van der Waals surface area contributed by atoms with Gasteiger partial charge in [-0.05, 0) is 41.5 Å². The Balaban J connectivity index is 0.000000421. The van der Waals surface area contributed by atoms with E-state index in [1.807, 2.05) is 58.9 Å². The molecule has 4 rings (SSSR count). The van der Waals surface area contributed by atoms with Crippen LogP contribution < -0.4 is 20.7 Å². The lowest BCUT2D eigenvalue weighted by molar-refractivity contribution is -0.671. The van der Waals surface area contributed by atoms with Crippen LogP contribution >= 0.6 is 0 Å². The fourth-order valence-corrected chi connectivity index (χ4v) is 3.54. The van der Waals surface area contributed by atoms with Crippen LogP contribution in [-0.4, -0.2) is 45.7 Å². The molecule has 0 atom stereocenters. The first-order chi connectivity index (χ1) is 20.8. The third kappa shape index (κ3) is 10.9. The second kappa shape index (κ2) is 14.8. The summed E-state index contributed by atoms with van der Waals surface area (Å²) < 4.78 is 80.9. The number of amidine groups is 1. The molecular formula is C28H24F7N5O5. The molecule has 0 aliphatic carbocycles. The quantitative estimate of drug-likeness (QED) is 0.109. The molecule has 10 nitrogen and oxygen atoms in total. The number of nitrogens with zero attached hydrogens (tertiary/aromatic N) is 2. The molecule has 45 heavy (non-hydrogen) atoms. The number of hydrogen-bond donors (Lipinski definition) is 4. The molecule has 2 aromatic carbocycles. The number of halogens is 7. The number of nitrogens with two attached hydrogens (primary N) is 1. The van der Waals surface area contributed by atoms with E-state index in [4.69, 9.17) is 30.9 Å². The lowest BCUT2D eigenvalue weighted by atomic mass is 10.1. The normalized spacial score (nSPS) is 11.0. The molecule has 0 spiro atoms. The number of hydrogen-bond acceptors (Lipinski definition) is 5. The summed E-state index contributed by atoms with van der Waals surface area (Å²) >= 11 is 0. The maximum Gasteiger partial charge on any atom is 0.490 e. The number of carbonyl (C=O) groups is 3. The molecule has 2 aromatic heterocycles. The number of nitrogen functional groups attached to an aromatic ring is 1. The van der Waals surface area contributed by atoms with Gasteiger partial charge in [0.05, 0.1) is 0 Å². The van der Waals surface area contributed by atoms with E-state index in [9.17, 15) is 35.5 Å². The van der Waals surface area contributed by atoms with E-state index >= 15 is 0 Å². The van der Waals surface area contributed by atoms with Crippen LogP contribution in [0.15, 0.2) is 73.1 Å². The van der Waals surface area contributed by atoms with Crippen LogP contribution in [0.2, 0.25) is 0 Å². The van der Waals surface area contributed by atoms with Gasteiger partial charge in [-0.15, -0.1) is 0 Å². The van der Waals surface area contributed by atoms with Crippen LogP contribution in [0.5, 0.6) is 0 Å². The Kier molecular flexibility index (Phi) is 11.8. The number of fused-ring (bicyclic) bond motifs is 1. The van der Waals surface area contributed by atoms with E-state index in [0.717, 1.165) is 16.6 Å². The molecule has 5 N–H and O–H groups in total. The predicted molar refractivity (Wildman–Crippen MR) is 142 cm³/mol. The summed E-state index contributed by atoms with van der Waals surface area (Å²) in [5.74, 6) is -6.38. The van der Waals surface area contributed by atoms with Crippen molar-refractivity contribution in [1.82, 2.24) is 9.88 Å². The highest BCUT2D eigenvalue weighted by atomic mass is 19.4. The molecule has 0 aliphatic rings. The Morgan fingerprint density at radius 2 is 1.53 bits per heavy atom. The number of carbonyl (C=O) groups excluding carboxylic acids is 2. The van der Waals surface area contributed by atoms with E-state index < -0.39 is 24.3 Å². The Hall–Kier alpha value is -5.48.